The fraction of sp³-hybridized carbons (Fsp3) is 0.611. The van der Waals surface area contributed by atoms with Gasteiger partial charge in [0.2, 0.25) is 10.0 Å². The van der Waals surface area contributed by atoms with E-state index in [1.807, 2.05) is 0 Å². The minimum atomic E-state index is -3.59. The van der Waals surface area contributed by atoms with Gasteiger partial charge in [-0.05, 0) is 63.6 Å². The zero-order valence-corrected chi connectivity index (χ0v) is 15.5. The van der Waals surface area contributed by atoms with E-state index in [1.165, 1.54) is 18.6 Å². The van der Waals surface area contributed by atoms with Crippen molar-refractivity contribution in [3.05, 3.63) is 29.8 Å². The summed E-state index contributed by atoms with van der Waals surface area (Å²) in [5.41, 5.74) is 0.388. The minimum Gasteiger partial charge on any atom is -0.349 e. The Bertz CT molecular complexity index is 663. The largest absolute Gasteiger partial charge is 0.349 e. The molecule has 6 heteroatoms. The predicted molar refractivity (Wildman–Crippen MR) is 95.4 cm³/mol. The molecule has 5 nitrogen and oxygen atoms in total. The molecule has 1 aliphatic carbocycles. The van der Waals surface area contributed by atoms with E-state index < -0.39 is 10.0 Å². The molecule has 0 radical (unpaired) electrons. The maximum Gasteiger partial charge on any atom is 0.251 e. The maximum atomic E-state index is 12.4. The van der Waals surface area contributed by atoms with E-state index in [-0.39, 0.29) is 22.9 Å². The zero-order chi connectivity index (χ0) is 17.7. The number of hydrogen-bond acceptors (Lipinski definition) is 3. The Labute approximate surface area is 145 Å². The number of hydrogen-bond donors (Lipinski definition) is 2. The van der Waals surface area contributed by atoms with Gasteiger partial charge in [-0.15, -0.1) is 0 Å². The van der Waals surface area contributed by atoms with Crippen LogP contribution >= 0.6 is 0 Å². The summed E-state index contributed by atoms with van der Waals surface area (Å²) in [6, 6.07) is 6.21. The number of carbonyl (C=O) groups is 1. The fourth-order valence-electron chi connectivity index (χ4n) is 3.17. The maximum absolute atomic E-state index is 12.4. The van der Waals surface area contributed by atoms with Crippen molar-refractivity contribution in [2.45, 2.75) is 69.9 Å². The molecule has 0 bridgehead atoms. The lowest BCUT2D eigenvalue weighted by Crippen LogP contribution is -2.37. The van der Waals surface area contributed by atoms with E-state index in [9.17, 15) is 13.2 Å². The first-order chi connectivity index (χ1) is 11.3. The molecule has 0 spiro atoms. The van der Waals surface area contributed by atoms with E-state index in [4.69, 9.17) is 0 Å². The third kappa shape index (κ3) is 5.05. The normalized spacial score (nSPS) is 21.7. The lowest BCUT2D eigenvalue weighted by atomic mass is 9.84. The van der Waals surface area contributed by atoms with Crippen LogP contribution in [0.2, 0.25) is 0 Å². The van der Waals surface area contributed by atoms with Crippen LogP contribution in [-0.4, -0.2) is 26.4 Å². The lowest BCUT2D eigenvalue weighted by Gasteiger charge is -2.28. The second-order valence-electron chi connectivity index (χ2n) is 6.90. The molecule has 0 saturated heterocycles. The zero-order valence-electron chi connectivity index (χ0n) is 14.7. The molecule has 1 aromatic carbocycles. The highest BCUT2D eigenvalue weighted by Gasteiger charge is 2.22. The summed E-state index contributed by atoms with van der Waals surface area (Å²) in [4.78, 5) is 12.6. The molecule has 0 aromatic heterocycles. The minimum absolute atomic E-state index is 0.124. The number of carbonyl (C=O) groups excluding carboxylic acids is 1. The van der Waals surface area contributed by atoms with Crippen molar-refractivity contribution >= 4 is 15.9 Å². The average Bonchev–Trinajstić information content (AvgIpc) is 2.54. The Balaban J connectivity index is 2.04. The van der Waals surface area contributed by atoms with Crippen LogP contribution in [0.4, 0.5) is 0 Å². The highest BCUT2D eigenvalue weighted by molar-refractivity contribution is 7.89. The van der Waals surface area contributed by atoms with Crippen molar-refractivity contribution in [1.82, 2.24) is 10.0 Å². The van der Waals surface area contributed by atoms with Gasteiger partial charge in [-0.3, -0.25) is 4.79 Å². The summed E-state index contributed by atoms with van der Waals surface area (Å²) in [7, 11) is -3.59. The number of nitrogens with one attached hydrogen (secondary N) is 2. The second-order valence-corrected chi connectivity index (χ2v) is 8.62. The van der Waals surface area contributed by atoms with Crippen molar-refractivity contribution < 1.29 is 13.2 Å². The molecule has 1 fully saturated rings. The second kappa shape index (κ2) is 8.12. The van der Waals surface area contributed by atoms with Gasteiger partial charge in [0, 0.05) is 17.6 Å². The van der Waals surface area contributed by atoms with Crippen LogP contribution in [0, 0.1) is 5.92 Å². The number of benzene rings is 1. The van der Waals surface area contributed by atoms with Crippen molar-refractivity contribution in [2.75, 3.05) is 0 Å². The third-order valence-electron chi connectivity index (χ3n) is 4.56. The highest BCUT2D eigenvalue weighted by Crippen LogP contribution is 2.26. The summed E-state index contributed by atoms with van der Waals surface area (Å²) >= 11 is 0. The van der Waals surface area contributed by atoms with Crippen LogP contribution < -0.4 is 10.0 Å². The molecule has 1 saturated carbocycles. The first-order valence-corrected chi connectivity index (χ1v) is 10.2. The van der Waals surface area contributed by atoms with E-state index in [0.29, 0.717) is 5.56 Å². The Morgan fingerprint density at radius 1 is 1.21 bits per heavy atom. The fourth-order valence-corrected chi connectivity index (χ4v) is 4.46. The Hall–Kier alpha value is -1.40. The van der Waals surface area contributed by atoms with E-state index in [2.05, 4.69) is 17.0 Å². The van der Waals surface area contributed by atoms with Gasteiger partial charge in [0.25, 0.3) is 5.91 Å². The van der Waals surface area contributed by atoms with Gasteiger partial charge >= 0.3 is 0 Å². The molecule has 1 aliphatic rings. The van der Waals surface area contributed by atoms with Crippen molar-refractivity contribution in [3.8, 4) is 0 Å². The van der Waals surface area contributed by atoms with Crippen LogP contribution in [-0.2, 0) is 10.0 Å². The van der Waals surface area contributed by atoms with Crippen LogP contribution in [0.1, 0.15) is 63.2 Å². The van der Waals surface area contributed by atoms with Crippen LogP contribution in [0.25, 0.3) is 0 Å². The van der Waals surface area contributed by atoms with Crippen molar-refractivity contribution in [1.29, 1.82) is 0 Å². The summed E-state index contributed by atoms with van der Waals surface area (Å²) in [6.07, 6.45) is 5.49. The van der Waals surface area contributed by atoms with Crippen molar-refractivity contribution in [3.63, 3.8) is 0 Å². The van der Waals surface area contributed by atoms with E-state index in [0.717, 1.165) is 31.6 Å². The van der Waals surface area contributed by atoms with E-state index in [1.54, 1.807) is 26.0 Å². The predicted octanol–water partition coefficient (Wildman–Crippen LogP) is 3.07. The summed E-state index contributed by atoms with van der Waals surface area (Å²) in [5.74, 6) is 0.574. The smallest absolute Gasteiger partial charge is 0.251 e. The van der Waals surface area contributed by atoms with Gasteiger partial charge in [0.05, 0.1) is 4.90 Å². The number of amides is 1. The SMILES string of the molecule is CCC1CCC(NC(=O)c2cccc(S(=O)(=O)NC(C)C)c2)CC1. The first-order valence-electron chi connectivity index (χ1n) is 8.75. The van der Waals surface area contributed by atoms with Crippen molar-refractivity contribution in [2.24, 2.45) is 5.92 Å². The molecule has 1 aromatic rings. The molecule has 0 aliphatic heterocycles. The highest BCUT2D eigenvalue weighted by atomic mass is 32.2. The molecule has 0 heterocycles. The first kappa shape index (κ1) is 18.9. The lowest BCUT2D eigenvalue weighted by molar-refractivity contribution is 0.0921. The Morgan fingerprint density at radius 3 is 2.46 bits per heavy atom. The Morgan fingerprint density at radius 2 is 1.88 bits per heavy atom. The van der Waals surface area contributed by atoms with Gasteiger partial charge in [0.1, 0.15) is 0 Å². The molecule has 2 rings (SSSR count). The molecule has 134 valence electrons. The monoisotopic (exact) mass is 352 g/mol. The molecule has 0 unspecified atom stereocenters. The topological polar surface area (TPSA) is 75.3 Å². The average molecular weight is 353 g/mol. The van der Waals surface area contributed by atoms with Crippen LogP contribution in [0.5, 0.6) is 0 Å². The molecule has 1 amide bonds. The van der Waals surface area contributed by atoms with Crippen LogP contribution in [0.15, 0.2) is 29.2 Å². The number of rotatable bonds is 6. The quantitative estimate of drug-likeness (QED) is 0.826. The number of sulfonamides is 1. The van der Waals surface area contributed by atoms with Gasteiger partial charge in [-0.1, -0.05) is 19.4 Å². The van der Waals surface area contributed by atoms with Gasteiger partial charge < -0.3 is 5.32 Å². The van der Waals surface area contributed by atoms with E-state index >= 15 is 0 Å². The molecule has 24 heavy (non-hydrogen) atoms. The summed E-state index contributed by atoms with van der Waals surface area (Å²) < 4.78 is 27.0. The van der Waals surface area contributed by atoms with Gasteiger partial charge in [-0.2, -0.15) is 0 Å². The van der Waals surface area contributed by atoms with Gasteiger partial charge in [0.15, 0.2) is 0 Å². The molecular formula is C18H28N2O3S. The summed E-state index contributed by atoms with van der Waals surface area (Å²) in [6.45, 7) is 5.74. The molecular weight excluding hydrogens is 324 g/mol. The summed E-state index contributed by atoms with van der Waals surface area (Å²) in [5, 5.41) is 3.05. The third-order valence-corrected chi connectivity index (χ3v) is 6.21. The Kier molecular flexibility index (Phi) is 6.40. The molecule has 0 atom stereocenters. The standard InChI is InChI=1S/C18H28N2O3S/c1-4-14-8-10-16(11-9-14)19-18(21)15-6-5-7-17(12-15)24(22,23)20-13(2)3/h5-7,12-14,16,20H,4,8-11H2,1-3H3,(H,19,21). The van der Waals surface area contributed by atoms with Crippen LogP contribution in [0.3, 0.4) is 0 Å². The van der Waals surface area contributed by atoms with Gasteiger partial charge in [-0.25, -0.2) is 13.1 Å². The molecule has 2 N–H and O–H groups in total.